The molecule has 98 valence electrons. The van der Waals surface area contributed by atoms with Crippen LogP contribution in [0.15, 0.2) is 67.0 Å². The Labute approximate surface area is 116 Å². The number of hydrogen-bond donors (Lipinski definition) is 0. The number of hydrogen-bond acceptors (Lipinski definition) is 3. The third kappa shape index (κ3) is 2.67. The van der Waals surface area contributed by atoms with Crippen molar-refractivity contribution in [2.45, 2.75) is 0 Å². The van der Waals surface area contributed by atoms with Crippen molar-refractivity contribution in [2.24, 2.45) is 0 Å². The summed E-state index contributed by atoms with van der Waals surface area (Å²) >= 11 is 0. The number of aromatic nitrogens is 1. The Kier molecular flexibility index (Phi) is 3.42. The molecule has 0 aliphatic heterocycles. The second kappa shape index (κ2) is 5.53. The minimum absolute atomic E-state index is 0.0301. The Hall–Kier alpha value is -2.68. The van der Waals surface area contributed by atoms with Gasteiger partial charge in [-0.05, 0) is 35.0 Å². The maximum absolute atomic E-state index is 11.9. The van der Waals surface area contributed by atoms with Crippen LogP contribution >= 0.6 is 0 Å². The van der Waals surface area contributed by atoms with Crippen molar-refractivity contribution in [3.05, 3.63) is 72.6 Å². The second-order valence-corrected chi connectivity index (χ2v) is 4.46. The molecular weight excluding hydrogens is 250 g/mol. The van der Waals surface area contributed by atoms with E-state index < -0.39 is 0 Å². The molecule has 0 spiro atoms. The van der Waals surface area contributed by atoms with Crippen LogP contribution in [-0.2, 0) is 0 Å². The highest BCUT2D eigenvalue weighted by molar-refractivity contribution is 5.97. The Balaban J connectivity index is 1.72. The number of benzene rings is 2. The molecule has 0 atom stereocenters. The molecule has 1 aromatic heterocycles. The first-order chi connectivity index (χ1) is 9.83. The van der Waals surface area contributed by atoms with E-state index in [1.54, 1.807) is 24.5 Å². The fraction of sp³-hybridized carbons (Fsp3) is 0.0588. The summed E-state index contributed by atoms with van der Waals surface area (Å²) < 4.78 is 5.56. The van der Waals surface area contributed by atoms with Crippen LogP contribution in [-0.4, -0.2) is 17.4 Å². The number of Topliss-reactive ketones (excluding diaryl/α,β-unsaturated/α-hetero) is 1. The van der Waals surface area contributed by atoms with Gasteiger partial charge in [0.25, 0.3) is 0 Å². The Bertz CT molecular complexity index is 738. The number of fused-ring (bicyclic) bond motifs is 1. The fourth-order valence-electron chi connectivity index (χ4n) is 2.03. The molecule has 20 heavy (non-hydrogen) atoms. The first-order valence-electron chi connectivity index (χ1n) is 6.38. The number of carbonyl (C=O) groups is 1. The molecule has 0 radical (unpaired) electrons. The number of nitrogens with zero attached hydrogens (tertiary/aromatic N) is 1. The highest BCUT2D eigenvalue weighted by Crippen LogP contribution is 2.20. The minimum atomic E-state index is -0.0550. The molecule has 0 unspecified atom stereocenters. The summed E-state index contributed by atoms with van der Waals surface area (Å²) in [4.78, 5) is 15.8. The van der Waals surface area contributed by atoms with E-state index in [1.807, 2.05) is 42.5 Å². The SMILES string of the molecule is O=C(COc1ccc2ccccc2c1)c1ccncc1. The van der Waals surface area contributed by atoms with Crippen LogP contribution in [0.2, 0.25) is 0 Å². The molecule has 2 aromatic carbocycles. The Morgan fingerprint density at radius 3 is 2.50 bits per heavy atom. The standard InChI is InChI=1S/C17H13NO2/c19-17(14-7-9-18-10-8-14)12-20-16-6-5-13-3-1-2-4-15(13)11-16/h1-11H,12H2. The molecule has 0 aliphatic rings. The maximum atomic E-state index is 11.9. The molecule has 0 N–H and O–H groups in total. The van der Waals surface area contributed by atoms with Gasteiger partial charge in [-0.3, -0.25) is 9.78 Å². The van der Waals surface area contributed by atoms with Crippen molar-refractivity contribution in [1.82, 2.24) is 4.98 Å². The molecule has 0 fully saturated rings. The molecule has 3 aromatic rings. The quantitative estimate of drug-likeness (QED) is 0.676. The lowest BCUT2D eigenvalue weighted by Gasteiger charge is -2.06. The van der Waals surface area contributed by atoms with Gasteiger partial charge in [0.2, 0.25) is 0 Å². The summed E-state index contributed by atoms with van der Waals surface area (Å²) in [6.45, 7) is 0.0301. The van der Waals surface area contributed by atoms with E-state index >= 15 is 0 Å². The van der Waals surface area contributed by atoms with E-state index in [4.69, 9.17) is 4.74 Å². The summed E-state index contributed by atoms with van der Waals surface area (Å²) in [5.41, 5.74) is 0.612. The van der Waals surface area contributed by atoms with E-state index in [2.05, 4.69) is 4.98 Å². The summed E-state index contributed by atoms with van der Waals surface area (Å²) in [6, 6.07) is 17.2. The monoisotopic (exact) mass is 263 g/mol. The van der Waals surface area contributed by atoms with E-state index in [1.165, 1.54) is 0 Å². The van der Waals surface area contributed by atoms with E-state index in [-0.39, 0.29) is 12.4 Å². The molecule has 3 nitrogen and oxygen atoms in total. The third-order valence-electron chi connectivity index (χ3n) is 3.09. The number of pyridine rings is 1. The van der Waals surface area contributed by atoms with Gasteiger partial charge >= 0.3 is 0 Å². The summed E-state index contributed by atoms with van der Waals surface area (Å²) in [5.74, 6) is 0.645. The van der Waals surface area contributed by atoms with Gasteiger partial charge in [0.05, 0.1) is 0 Å². The predicted octanol–water partition coefficient (Wildman–Crippen LogP) is 3.50. The number of ether oxygens (including phenoxy) is 1. The zero-order valence-corrected chi connectivity index (χ0v) is 10.8. The first-order valence-corrected chi connectivity index (χ1v) is 6.38. The smallest absolute Gasteiger partial charge is 0.200 e. The van der Waals surface area contributed by atoms with Crippen molar-refractivity contribution in [1.29, 1.82) is 0 Å². The van der Waals surface area contributed by atoms with Crippen molar-refractivity contribution in [2.75, 3.05) is 6.61 Å². The van der Waals surface area contributed by atoms with Gasteiger partial charge in [0.15, 0.2) is 12.4 Å². The van der Waals surface area contributed by atoms with Crippen molar-refractivity contribution in [3.8, 4) is 5.75 Å². The minimum Gasteiger partial charge on any atom is -0.485 e. The van der Waals surface area contributed by atoms with E-state index in [0.29, 0.717) is 11.3 Å². The van der Waals surface area contributed by atoms with Crippen LogP contribution in [0.5, 0.6) is 5.75 Å². The molecule has 3 heteroatoms. The fourth-order valence-corrected chi connectivity index (χ4v) is 2.03. The van der Waals surface area contributed by atoms with E-state index in [9.17, 15) is 4.79 Å². The lowest BCUT2D eigenvalue weighted by molar-refractivity contribution is 0.0921. The van der Waals surface area contributed by atoms with Crippen molar-refractivity contribution in [3.63, 3.8) is 0 Å². The number of carbonyl (C=O) groups excluding carboxylic acids is 1. The van der Waals surface area contributed by atoms with Crippen LogP contribution in [0.4, 0.5) is 0 Å². The lowest BCUT2D eigenvalue weighted by Crippen LogP contribution is -2.11. The zero-order chi connectivity index (χ0) is 13.8. The van der Waals surface area contributed by atoms with Crippen molar-refractivity contribution < 1.29 is 9.53 Å². The molecule has 3 rings (SSSR count). The summed E-state index contributed by atoms with van der Waals surface area (Å²) in [7, 11) is 0. The Morgan fingerprint density at radius 1 is 0.950 bits per heavy atom. The van der Waals surface area contributed by atoms with Gasteiger partial charge in [0.1, 0.15) is 5.75 Å². The van der Waals surface area contributed by atoms with E-state index in [0.717, 1.165) is 10.8 Å². The van der Waals surface area contributed by atoms with Crippen LogP contribution in [0.3, 0.4) is 0 Å². The van der Waals surface area contributed by atoms with Crippen molar-refractivity contribution >= 4 is 16.6 Å². The third-order valence-corrected chi connectivity index (χ3v) is 3.09. The maximum Gasteiger partial charge on any atom is 0.200 e. The molecule has 0 aliphatic carbocycles. The van der Waals surface area contributed by atoms with Crippen LogP contribution in [0, 0.1) is 0 Å². The van der Waals surface area contributed by atoms with Gasteiger partial charge in [-0.15, -0.1) is 0 Å². The van der Waals surface area contributed by atoms with Gasteiger partial charge in [-0.2, -0.15) is 0 Å². The molecule has 1 heterocycles. The number of ketones is 1. The topological polar surface area (TPSA) is 39.2 Å². The van der Waals surface area contributed by atoms with Gasteiger partial charge in [-0.25, -0.2) is 0 Å². The van der Waals surface area contributed by atoms with Gasteiger partial charge < -0.3 is 4.74 Å². The van der Waals surface area contributed by atoms with Crippen LogP contribution in [0.1, 0.15) is 10.4 Å². The Morgan fingerprint density at radius 2 is 1.70 bits per heavy atom. The zero-order valence-electron chi connectivity index (χ0n) is 10.8. The summed E-state index contributed by atoms with van der Waals surface area (Å²) in [5, 5.41) is 2.25. The van der Waals surface area contributed by atoms with Gasteiger partial charge in [-0.1, -0.05) is 30.3 Å². The largest absolute Gasteiger partial charge is 0.485 e. The molecule has 0 amide bonds. The second-order valence-electron chi connectivity index (χ2n) is 4.46. The lowest BCUT2D eigenvalue weighted by atomic mass is 10.1. The average Bonchev–Trinajstić information content (AvgIpc) is 2.53. The molecular formula is C17H13NO2. The average molecular weight is 263 g/mol. The summed E-state index contributed by atoms with van der Waals surface area (Å²) in [6.07, 6.45) is 3.20. The predicted molar refractivity (Wildman–Crippen MR) is 78.0 cm³/mol. The molecule has 0 bridgehead atoms. The highest BCUT2D eigenvalue weighted by atomic mass is 16.5. The van der Waals surface area contributed by atoms with Crippen LogP contribution in [0.25, 0.3) is 10.8 Å². The van der Waals surface area contributed by atoms with Gasteiger partial charge in [0, 0.05) is 18.0 Å². The number of rotatable bonds is 4. The molecule has 0 saturated heterocycles. The molecule has 0 saturated carbocycles. The first kappa shape index (κ1) is 12.4. The van der Waals surface area contributed by atoms with Crippen LogP contribution < -0.4 is 4.74 Å². The highest BCUT2D eigenvalue weighted by Gasteiger charge is 2.06. The normalized spacial score (nSPS) is 10.4.